The molecule has 8 nitrogen and oxygen atoms in total. The summed E-state index contributed by atoms with van der Waals surface area (Å²) in [6.45, 7) is 3.31. The van der Waals surface area contributed by atoms with E-state index < -0.39 is 17.0 Å². The van der Waals surface area contributed by atoms with Gasteiger partial charge >= 0.3 is 5.97 Å². The normalized spacial score (nSPS) is 15.6. The van der Waals surface area contributed by atoms with Crippen LogP contribution in [0.15, 0.2) is 41.3 Å². The average Bonchev–Trinajstić information content (AvgIpc) is 2.76. The summed E-state index contributed by atoms with van der Waals surface area (Å²) < 4.78 is 12.5. The summed E-state index contributed by atoms with van der Waals surface area (Å²) in [7, 11) is 1.56. The van der Waals surface area contributed by atoms with Crippen molar-refractivity contribution in [2.45, 2.75) is 32.2 Å². The highest BCUT2D eigenvalue weighted by atomic mass is 16.5. The Balaban J connectivity index is 2.13. The molecule has 0 fully saturated rings. The van der Waals surface area contributed by atoms with Crippen molar-refractivity contribution in [2.24, 2.45) is 0 Å². The number of rotatable bonds is 10. The highest BCUT2D eigenvalue weighted by molar-refractivity contribution is 5.97. The minimum absolute atomic E-state index is 0.106. The number of aromatic nitrogens is 1. The summed E-state index contributed by atoms with van der Waals surface area (Å²) in [6.07, 6.45) is 3.38. The number of ether oxygens (including phenoxy) is 2. The molecule has 0 spiro atoms. The van der Waals surface area contributed by atoms with Gasteiger partial charge in [-0.25, -0.2) is 4.79 Å². The van der Waals surface area contributed by atoms with Crippen LogP contribution in [-0.4, -0.2) is 59.9 Å². The molecule has 0 aliphatic carbocycles. The standard InChI is InChI=1S/C23H28N2O6/c1-3-4-11-31-21-19-22(27)24(10-12-30-2)14-17(13-16-8-6-5-7-9-16)25(19)15-18(20(21)26)23(28)29/h5-9,15,17H,3-4,10-14H2,1-2H3,(H,28,29)/t17-/m0/s1. The quantitative estimate of drug-likeness (QED) is 0.584. The Kier molecular flexibility index (Phi) is 7.46. The van der Waals surface area contributed by atoms with Crippen LogP contribution in [0.5, 0.6) is 5.75 Å². The third-order valence-corrected chi connectivity index (χ3v) is 5.36. The van der Waals surface area contributed by atoms with Crippen molar-refractivity contribution in [2.75, 3.05) is 33.4 Å². The number of pyridine rings is 1. The topological polar surface area (TPSA) is 98.1 Å². The summed E-state index contributed by atoms with van der Waals surface area (Å²) in [5.41, 5.74) is -0.0142. The maximum atomic E-state index is 13.3. The number of carbonyl (C=O) groups excluding carboxylic acids is 1. The Labute approximate surface area is 181 Å². The molecule has 3 rings (SSSR count). The van der Waals surface area contributed by atoms with Gasteiger partial charge in [0.15, 0.2) is 11.4 Å². The van der Waals surface area contributed by atoms with Gasteiger partial charge in [0.05, 0.1) is 19.3 Å². The second-order valence-corrected chi connectivity index (χ2v) is 7.55. The Morgan fingerprint density at radius 1 is 1.19 bits per heavy atom. The molecule has 1 aliphatic heterocycles. The molecule has 2 aromatic rings. The van der Waals surface area contributed by atoms with Gasteiger partial charge in [-0.3, -0.25) is 9.59 Å². The molecule has 1 aliphatic rings. The molecule has 1 amide bonds. The highest BCUT2D eigenvalue weighted by Gasteiger charge is 2.36. The Morgan fingerprint density at radius 2 is 1.94 bits per heavy atom. The maximum absolute atomic E-state index is 13.3. The van der Waals surface area contributed by atoms with Gasteiger partial charge in [0, 0.05) is 26.4 Å². The third-order valence-electron chi connectivity index (χ3n) is 5.36. The molecule has 2 heterocycles. The molecular formula is C23H28N2O6. The van der Waals surface area contributed by atoms with Crippen molar-refractivity contribution >= 4 is 11.9 Å². The van der Waals surface area contributed by atoms with Crippen LogP contribution >= 0.6 is 0 Å². The van der Waals surface area contributed by atoms with Crippen LogP contribution in [0.4, 0.5) is 0 Å². The first-order chi connectivity index (χ1) is 15.0. The molecule has 1 aromatic heterocycles. The molecule has 0 saturated heterocycles. The number of methoxy groups -OCH3 is 1. The monoisotopic (exact) mass is 428 g/mol. The summed E-state index contributed by atoms with van der Waals surface area (Å²) in [6, 6.07) is 9.50. The average molecular weight is 428 g/mol. The fourth-order valence-electron chi connectivity index (χ4n) is 3.73. The Morgan fingerprint density at radius 3 is 2.58 bits per heavy atom. The molecule has 1 N–H and O–H groups in total. The lowest BCUT2D eigenvalue weighted by Crippen LogP contribution is -2.47. The van der Waals surface area contributed by atoms with Crippen LogP contribution in [0.2, 0.25) is 0 Å². The maximum Gasteiger partial charge on any atom is 0.341 e. The Hall–Kier alpha value is -3.13. The SMILES string of the molecule is CCCCOc1c2n(cc(C(=O)O)c1=O)[C@@H](Cc1ccccc1)CN(CCOC)C2=O. The van der Waals surface area contributed by atoms with Crippen LogP contribution in [0.25, 0.3) is 0 Å². The van der Waals surface area contributed by atoms with E-state index in [1.165, 1.54) is 6.20 Å². The number of carboxylic acid groups (broad SMARTS) is 1. The summed E-state index contributed by atoms with van der Waals surface area (Å²) in [4.78, 5) is 39.6. The minimum Gasteiger partial charge on any atom is -0.487 e. The number of nitrogens with zero attached hydrogens (tertiary/aromatic N) is 2. The number of hydrogen-bond acceptors (Lipinski definition) is 5. The fourth-order valence-corrected chi connectivity index (χ4v) is 3.73. The van der Waals surface area contributed by atoms with Gasteiger partial charge in [-0.15, -0.1) is 0 Å². The number of carbonyl (C=O) groups is 2. The van der Waals surface area contributed by atoms with E-state index in [9.17, 15) is 19.5 Å². The lowest BCUT2D eigenvalue weighted by Gasteiger charge is -2.37. The molecule has 0 saturated carbocycles. The van der Waals surface area contributed by atoms with E-state index in [0.29, 0.717) is 32.5 Å². The van der Waals surface area contributed by atoms with Gasteiger partial charge in [0.1, 0.15) is 5.56 Å². The molecule has 0 bridgehead atoms. The van der Waals surface area contributed by atoms with Crippen LogP contribution in [0.1, 0.15) is 52.2 Å². The predicted molar refractivity (Wildman–Crippen MR) is 115 cm³/mol. The number of benzene rings is 1. The van der Waals surface area contributed by atoms with Crippen molar-refractivity contribution in [3.8, 4) is 5.75 Å². The van der Waals surface area contributed by atoms with Crippen molar-refractivity contribution in [3.05, 3.63) is 63.6 Å². The minimum atomic E-state index is -1.34. The zero-order valence-corrected chi connectivity index (χ0v) is 17.9. The van der Waals surface area contributed by atoms with E-state index in [0.717, 1.165) is 12.0 Å². The number of hydrogen-bond donors (Lipinski definition) is 1. The molecule has 31 heavy (non-hydrogen) atoms. The predicted octanol–water partition coefficient (Wildman–Crippen LogP) is 2.61. The van der Waals surface area contributed by atoms with Crippen LogP contribution in [0, 0.1) is 0 Å². The number of unbranched alkanes of at least 4 members (excludes halogenated alkanes) is 1. The second-order valence-electron chi connectivity index (χ2n) is 7.55. The second kappa shape index (κ2) is 10.3. The molecule has 1 atom stereocenters. The van der Waals surface area contributed by atoms with E-state index >= 15 is 0 Å². The number of fused-ring (bicyclic) bond motifs is 1. The first kappa shape index (κ1) is 22.6. The fraction of sp³-hybridized carbons (Fsp3) is 0.435. The smallest absolute Gasteiger partial charge is 0.341 e. The van der Waals surface area contributed by atoms with Crippen molar-refractivity contribution in [3.63, 3.8) is 0 Å². The molecular weight excluding hydrogens is 400 g/mol. The van der Waals surface area contributed by atoms with Gasteiger partial charge in [-0.1, -0.05) is 43.7 Å². The van der Waals surface area contributed by atoms with Gasteiger partial charge in [-0.2, -0.15) is 0 Å². The van der Waals surface area contributed by atoms with Crippen molar-refractivity contribution in [1.82, 2.24) is 9.47 Å². The van der Waals surface area contributed by atoms with Crippen LogP contribution < -0.4 is 10.2 Å². The van der Waals surface area contributed by atoms with E-state index in [1.807, 2.05) is 37.3 Å². The van der Waals surface area contributed by atoms with E-state index in [4.69, 9.17) is 9.47 Å². The van der Waals surface area contributed by atoms with E-state index in [-0.39, 0.29) is 30.0 Å². The summed E-state index contributed by atoms with van der Waals surface area (Å²) >= 11 is 0. The molecule has 8 heteroatoms. The molecule has 1 aromatic carbocycles. The number of aromatic carboxylic acids is 1. The first-order valence-electron chi connectivity index (χ1n) is 10.4. The lowest BCUT2D eigenvalue weighted by molar-refractivity contribution is 0.0583. The van der Waals surface area contributed by atoms with Crippen LogP contribution in [0.3, 0.4) is 0 Å². The van der Waals surface area contributed by atoms with E-state index in [2.05, 4.69) is 0 Å². The third kappa shape index (κ3) is 4.96. The Bertz CT molecular complexity index is 986. The molecule has 166 valence electrons. The zero-order valence-electron chi connectivity index (χ0n) is 17.9. The molecule has 0 unspecified atom stereocenters. The molecule has 0 radical (unpaired) electrons. The van der Waals surface area contributed by atoms with Crippen molar-refractivity contribution in [1.29, 1.82) is 0 Å². The van der Waals surface area contributed by atoms with Gasteiger partial charge in [0.2, 0.25) is 5.43 Å². The van der Waals surface area contributed by atoms with Crippen LogP contribution in [-0.2, 0) is 11.2 Å². The number of amides is 1. The summed E-state index contributed by atoms with van der Waals surface area (Å²) in [5, 5.41) is 9.59. The highest BCUT2D eigenvalue weighted by Crippen LogP contribution is 2.29. The largest absolute Gasteiger partial charge is 0.487 e. The lowest BCUT2D eigenvalue weighted by atomic mass is 10.0. The van der Waals surface area contributed by atoms with Gasteiger partial charge in [0.25, 0.3) is 5.91 Å². The van der Waals surface area contributed by atoms with Gasteiger partial charge < -0.3 is 24.0 Å². The summed E-state index contributed by atoms with van der Waals surface area (Å²) in [5.74, 6) is -1.88. The van der Waals surface area contributed by atoms with Crippen molar-refractivity contribution < 1.29 is 24.2 Å². The number of carboxylic acids is 1. The first-order valence-corrected chi connectivity index (χ1v) is 10.4. The van der Waals surface area contributed by atoms with E-state index in [1.54, 1.807) is 16.6 Å². The zero-order chi connectivity index (χ0) is 22.4. The van der Waals surface area contributed by atoms with Gasteiger partial charge in [-0.05, 0) is 18.4 Å².